The molecule has 98 valence electrons. The molecule has 3 atom stereocenters. The lowest BCUT2D eigenvalue weighted by Crippen LogP contribution is -2.36. The second-order valence-corrected chi connectivity index (χ2v) is 2.95. The van der Waals surface area contributed by atoms with Crippen molar-refractivity contribution in [2.45, 2.75) is 39.6 Å². The Bertz CT molecular complexity index is 142. The zero-order chi connectivity index (χ0) is 12.6. The summed E-state index contributed by atoms with van der Waals surface area (Å²) in [5.41, 5.74) is 0. The first-order valence-corrected chi connectivity index (χ1v) is 4.92. The first-order chi connectivity index (χ1) is 7.53. The summed E-state index contributed by atoms with van der Waals surface area (Å²) in [7, 11) is 4.51. The third-order valence-electron chi connectivity index (χ3n) is 1.70. The van der Waals surface area contributed by atoms with Gasteiger partial charge in [-0.15, -0.1) is 0 Å². The Morgan fingerprint density at radius 1 is 0.625 bits per heavy atom. The van der Waals surface area contributed by atoms with Crippen LogP contribution in [0.3, 0.4) is 0 Å². The van der Waals surface area contributed by atoms with Gasteiger partial charge in [-0.1, -0.05) is 0 Å². The van der Waals surface area contributed by atoms with E-state index in [1.54, 1.807) is 20.8 Å². The van der Waals surface area contributed by atoms with E-state index in [2.05, 4.69) is 0 Å². The van der Waals surface area contributed by atoms with Crippen LogP contribution in [0.15, 0.2) is 0 Å². The van der Waals surface area contributed by atoms with Crippen molar-refractivity contribution in [1.82, 2.24) is 5.39 Å². The molecule has 0 saturated heterocycles. The fourth-order valence-corrected chi connectivity index (χ4v) is 0.567. The Morgan fingerprint density at radius 2 is 0.875 bits per heavy atom. The highest BCUT2D eigenvalue weighted by atomic mass is 17.2. The van der Waals surface area contributed by atoms with E-state index in [1.165, 1.54) is 21.3 Å². The molecule has 0 bridgehead atoms. The highest BCUT2D eigenvalue weighted by molar-refractivity contribution is 4.25. The summed E-state index contributed by atoms with van der Waals surface area (Å²) in [5, 5.41) is 0.816. The predicted molar refractivity (Wildman–Crippen MR) is 54.5 cm³/mol. The van der Waals surface area contributed by atoms with E-state index in [4.69, 9.17) is 28.7 Å². The van der Waals surface area contributed by atoms with Gasteiger partial charge in [0.25, 0.3) is 0 Å². The molecular formula is C9H21NO6. The molecule has 0 aliphatic rings. The molecule has 0 heterocycles. The summed E-state index contributed by atoms with van der Waals surface area (Å²) in [6.07, 6.45) is -1.56. The van der Waals surface area contributed by atoms with Crippen LogP contribution < -0.4 is 0 Å². The highest BCUT2D eigenvalue weighted by Crippen LogP contribution is 2.07. The van der Waals surface area contributed by atoms with Gasteiger partial charge in [-0.3, -0.25) is 0 Å². The third-order valence-corrected chi connectivity index (χ3v) is 1.70. The molecule has 0 aromatic carbocycles. The topological polar surface area (TPSA) is 58.6 Å². The summed E-state index contributed by atoms with van der Waals surface area (Å²) < 4.78 is 14.7. The van der Waals surface area contributed by atoms with Crippen molar-refractivity contribution in [3.05, 3.63) is 0 Å². The van der Waals surface area contributed by atoms with Crippen molar-refractivity contribution < 1.29 is 28.7 Å². The molecule has 0 aromatic heterocycles. The van der Waals surface area contributed by atoms with Crippen molar-refractivity contribution in [2.75, 3.05) is 21.3 Å². The van der Waals surface area contributed by atoms with Crippen LogP contribution in [0.2, 0.25) is 0 Å². The average molecular weight is 239 g/mol. The second-order valence-electron chi connectivity index (χ2n) is 2.95. The molecule has 16 heavy (non-hydrogen) atoms. The fourth-order valence-electron chi connectivity index (χ4n) is 0.567. The molecule has 0 N–H and O–H groups in total. The normalized spacial score (nSPS) is 17.4. The van der Waals surface area contributed by atoms with E-state index in [9.17, 15) is 0 Å². The smallest absolute Gasteiger partial charge is 0.179 e. The van der Waals surface area contributed by atoms with Gasteiger partial charge in [-0.25, -0.2) is 14.5 Å². The quantitative estimate of drug-likeness (QED) is 0.440. The van der Waals surface area contributed by atoms with Gasteiger partial charge in [0, 0.05) is 21.3 Å². The van der Waals surface area contributed by atoms with Crippen LogP contribution in [0.4, 0.5) is 0 Å². The number of hydrogen-bond acceptors (Lipinski definition) is 7. The van der Waals surface area contributed by atoms with E-state index in [0.29, 0.717) is 0 Å². The monoisotopic (exact) mass is 239 g/mol. The minimum atomic E-state index is -0.520. The maximum Gasteiger partial charge on any atom is 0.179 e. The SMILES string of the molecule is COC(C)ON(OC(C)OC)OC(C)OC. The molecule has 0 amide bonds. The first kappa shape index (κ1) is 15.7. The van der Waals surface area contributed by atoms with Crippen LogP contribution in [0.1, 0.15) is 20.8 Å². The molecule has 0 saturated carbocycles. The van der Waals surface area contributed by atoms with Gasteiger partial charge in [-0.05, 0) is 20.8 Å². The molecule has 0 aliphatic heterocycles. The van der Waals surface area contributed by atoms with E-state index < -0.39 is 18.9 Å². The Kier molecular flexibility index (Phi) is 8.67. The molecule has 3 unspecified atom stereocenters. The van der Waals surface area contributed by atoms with Crippen LogP contribution in [0.25, 0.3) is 0 Å². The summed E-state index contributed by atoms with van der Waals surface area (Å²) in [5.74, 6) is 0. The Morgan fingerprint density at radius 3 is 1.06 bits per heavy atom. The standard InChI is InChI=1S/C9H21NO6/c1-7(11-4)14-10(15-8(2)12-5)16-9(3)13-6/h7-9H,1-6H3. The first-order valence-electron chi connectivity index (χ1n) is 4.92. The number of hydrogen-bond donors (Lipinski definition) is 0. The molecule has 0 fully saturated rings. The van der Waals surface area contributed by atoms with Crippen molar-refractivity contribution in [2.24, 2.45) is 0 Å². The molecule has 0 aliphatic carbocycles. The zero-order valence-electron chi connectivity index (χ0n) is 10.6. The van der Waals surface area contributed by atoms with Crippen molar-refractivity contribution >= 4 is 0 Å². The van der Waals surface area contributed by atoms with Crippen molar-refractivity contribution in [3.8, 4) is 0 Å². The number of rotatable bonds is 9. The molecule has 0 radical (unpaired) electrons. The second kappa shape index (κ2) is 8.82. The Balaban J connectivity index is 4.15. The summed E-state index contributed by atoms with van der Waals surface area (Å²) in [6.45, 7) is 5.07. The van der Waals surface area contributed by atoms with Crippen molar-refractivity contribution in [1.29, 1.82) is 0 Å². The van der Waals surface area contributed by atoms with E-state index in [1.807, 2.05) is 0 Å². The summed E-state index contributed by atoms with van der Waals surface area (Å²) in [4.78, 5) is 15.5. The predicted octanol–water partition coefficient (Wildman–Crippen LogP) is 1.06. The largest absolute Gasteiger partial charge is 0.354 e. The maximum atomic E-state index is 5.15. The lowest BCUT2D eigenvalue weighted by Gasteiger charge is -2.26. The lowest BCUT2D eigenvalue weighted by atomic mass is 10.8. The van der Waals surface area contributed by atoms with Crippen molar-refractivity contribution in [3.63, 3.8) is 0 Å². The number of methoxy groups -OCH3 is 3. The van der Waals surface area contributed by atoms with Gasteiger partial charge < -0.3 is 14.2 Å². The van der Waals surface area contributed by atoms with Gasteiger partial charge in [0.2, 0.25) is 0 Å². The Labute approximate surface area is 96.0 Å². The van der Waals surface area contributed by atoms with Crippen LogP contribution in [0, 0.1) is 0 Å². The number of ether oxygens (including phenoxy) is 3. The molecule has 0 aromatic rings. The minimum absolute atomic E-state index is 0.520. The van der Waals surface area contributed by atoms with Gasteiger partial charge in [0.1, 0.15) is 0 Å². The van der Waals surface area contributed by atoms with Crippen LogP contribution in [0.5, 0.6) is 0 Å². The Hall–Kier alpha value is -0.280. The lowest BCUT2D eigenvalue weighted by molar-refractivity contribution is -0.589. The van der Waals surface area contributed by atoms with Gasteiger partial charge >= 0.3 is 0 Å². The van der Waals surface area contributed by atoms with E-state index >= 15 is 0 Å². The van der Waals surface area contributed by atoms with E-state index in [0.717, 1.165) is 5.39 Å². The summed E-state index contributed by atoms with van der Waals surface area (Å²) >= 11 is 0. The van der Waals surface area contributed by atoms with Gasteiger partial charge in [0.05, 0.1) is 5.39 Å². The third kappa shape index (κ3) is 7.07. The highest BCUT2D eigenvalue weighted by Gasteiger charge is 2.18. The van der Waals surface area contributed by atoms with Gasteiger partial charge in [-0.2, -0.15) is 0 Å². The minimum Gasteiger partial charge on any atom is -0.354 e. The van der Waals surface area contributed by atoms with Crippen LogP contribution >= 0.6 is 0 Å². The molecule has 0 rings (SSSR count). The zero-order valence-corrected chi connectivity index (χ0v) is 10.6. The summed E-state index contributed by atoms with van der Waals surface area (Å²) in [6, 6.07) is 0. The molecule has 7 heteroatoms. The van der Waals surface area contributed by atoms with Crippen LogP contribution in [-0.4, -0.2) is 45.6 Å². The average Bonchev–Trinajstić information content (AvgIpc) is 2.28. The molecular weight excluding hydrogens is 218 g/mol. The van der Waals surface area contributed by atoms with Crippen LogP contribution in [-0.2, 0) is 28.7 Å². The number of nitrogens with zero attached hydrogens (tertiary/aromatic N) is 1. The maximum absolute atomic E-state index is 5.15. The van der Waals surface area contributed by atoms with Gasteiger partial charge in [0.15, 0.2) is 18.9 Å². The molecule has 7 nitrogen and oxygen atoms in total. The van der Waals surface area contributed by atoms with E-state index in [-0.39, 0.29) is 0 Å². The molecule has 0 spiro atoms. The fraction of sp³-hybridized carbons (Fsp3) is 1.00.